The molecule has 0 aliphatic carbocycles. The highest BCUT2D eigenvalue weighted by atomic mass is 16.5. The van der Waals surface area contributed by atoms with E-state index in [2.05, 4.69) is 6.07 Å². The Bertz CT molecular complexity index is 650. The summed E-state index contributed by atoms with van der Waals surface area (Å²) in [6.07, 6.45) is 1.46. The monoisotopic (exact) mass is 316 g/mol. The zero-order valence-corrected chi connectivity index (χ0v) is 14.5. The lowest BCUT2D eigenvalue weighted by Gasteiger charge is -2.42. The number of carbonyl (C=O) groups excluding carboxylic acids is 1. The van der Waals surface area contributed by atoms with E-state index in [0.717, 1.165) is 17.5 Å². The summed E-state index contributed by atoms with van der Waals surface area (Å²) < 4.78 is 10.7. The van der Waals surface area contributed by atoms with E-state index in [4.69, 9.17) is 9.47 Å². The van der Waals surface area contributed by atoms with Gasteiger partial charge in [0.2, 0.25) is 5.91 Å². The van der Waals surface area contributed by atoms with E-state index < -0.39 is 5.54 Å². The maximum absolute atomic E-state index is 12.7. The molecule has 0 saturated carbocycles. The molecule has 0 unspecified atom stereocenters. The molecule has 0 N–H and O–H groups in total. The quantitative estimate of drug-likeness (QED) is 0.857. The van der Waals surface area contributed by atoms with Crippen LogP contribution in [-0.2, 0) is 16.8 Å². The van der Waals surface area contributed by atoms with Crippen LogP contribution < -0.4 is 9.47 Å². The first-order valence-electron chi connectivity index (χ1n) is 7.91. The third-order valence-electron chi connectivity index (χ3n) is 4.80. The fraction of sp³-hybridized carbons (Fsp3) is 0.556. The predicted molar refractivity (Wildman–Crippen MR) is 87.4 cm³/mol. The highest BCUT2D eigenvalue weighted by molar-refractivity contribution is 5.80. The highest BCUT2D eigenvalue weighted by Crippen LogP contribution is 2.41. The van der Waals surface area contributed by atoms with E-state index in [0.29, 0.717) is 24.5 Å². The van der Waals surface area contributed by atoms with E-state index >= 15 is 0 Å². The van der Waals surface area contributed by atoms with E-state index in [1.54, 1.807) is 26.0 Å². The first-order valence-corrected chi connectivity index (χ1v) is 7.91. The molecule has 23 heavy (non-hydrogen) atoms. The molecule has 1 aromatic carbocycles. The summed E-state index contributed by atoms with van der Waals surface area (Å²) in [6, 6.07) is 6.08. The average Bonchev–Trinajstić information content (AvgIpc) is 2.59. The number of ether oxygens (including phenoxy) is 2. The van der Waals surface area contributed by atoms with Crippen molar-refractivity contribution in [1.82, 2.24) is 4.90 Å². The largest absolute Gasteiger partial charge is 0.493 e. The van der Waals surface area contributed by atoms with Crippen LogP contribution in [0.3, 0.4) is 0 Å². The van der Waals surface area contributed by atoms with E-state index in [1.807, 2.05) is 26.0 Å². The molecule has 0 radical (unpaired) electrons. The number of hydrogen-bond acceptors (Lipinski definition) is 4. The molecule has 2 rings (SSSR count). The minimum atomic E-state index is -0.992. The summed E-state index contributed by atoms with van der Waals surface area (Å²) >= 11 is 0. The molecule has 0 saturated heterocycles. The number of nitriles is 1. The van der Waals surface area contributed by atoms with Crippen molar-refractivity contribution < 1.29 is 14.3 Å². The Labute approximate surface area is 137 Å². The molecule has 1 aromatic rings. The van der Waals surface area contributed by atoms with Crippen LogP contribution in [0.5, 0.6) is 11.5 Å². The Hall–Kier alpha value is -2.22. The van der Waals surface area contributed by atoms with Crippen molar-refractivity contribution in [2.75, 3.05) is 20.8 Å². The standard InChI is InChI=1S/C18H24N2O3/c1-6-12(2)17(21)20-8-7-13-9-15(22-4)16(23-5)10-14(13)18(20,3)11-19/h9-10,12H,6-8H2,1-5H3/t12-,18+/m0/s1. The minimum Gasteiger partial charge on any atom is -0.493 e. The summed E-state index contributed by atoms with van der Waals surface area (Å²) in [5, 5.41) is 9.84. The number of rotatable bonds is 4. The lowest BCUT2D eigenvalue weighted by molar-refractivity contribution is -0.140. The van der Waals surface area contributed by atoms with Crippen LogP contribution in [-0.4, -0.2) is 31.6 Å². The predicted octanol–water partition coefficient (Wildman–Crippen LogP) is 2.87. The van der Waals surface area contributed by atoms with Gasteiger partial charge in [0, 0.05) is 12.5 Å². The first-order chi connectivity index (χ1) is 10.9. The Balaban J connectivity index is 2.56. The molecule has 1 aliphatic rings. The van der Waals surface area contributed by atoms with Crippen LogP contribution in [0.25, 0.3) is 0 Å². The summed E-state index contributed by atoms with van der Waals surface area (Å²) in [5.41, 5.74) is 0.855. The van der Waals surface area contributed by atoms with Crippen LogP contribution >= 0.6 is 0 Å². The van der Waals surface area contributed by atoms with Gasteiger partial charge in [-0.05, 0) is 43.0 Å². The molecule has 0 bridgehead atoms. The van der Waals surface area contributed by atoms with Crippen LogP contribution in [0.1, 0.15) is 38.3 Å². The molecule has 124 valence electrons. The Morgan fingerprint density at radius 2 is 2.00 bits per heavy atom. The van der Waals surface area contributed by atoms with Crippen molar-refractivity contribution >= 4 is 5.91 Å². The smallest absolute Gasteiger partial charge is 0.226 e. The molecule has 0 fully saturated rings. The molecule has 5 nitrogen and oxygen atoms in total. The van der Waals surface area contributed by atoms with Gasteiger partial charge in [0.15, 0.2) is 17.0 Å². The summed E-state index contributed by atoms with van der Waals surface area (Å²) in [6.45, 7) is 6.23. The second-order valence-electron chi connectivity index (χ2n) is 6.10. The van der Waals surface area contributed by atoms with E-state index in [-0.39, 0.29) is 11.8 Å². The SMILES string of the molecule is CC[C@H](C)C(=O)N1CCc2cc(OC)c(OC)cc2[C@@]1(C)C#N. The van der Waals surface area contributed by atoms with E-state index in [1.165, 1.54) is 0 Å². The average molecular weight is 316 g/mol. The molecule has 1 amide bonds. The van der Waals surface area contributed by atoms with Gasteiger partial charge >= 0.3 is 0 Å². The Morgan fingerprint density at radius 3 is 2.52 bits per heavy atom. The van der Waals surface area contributed by atoms with Crippen molar-refractivity contribution in [3.05, 3.63) is 23.3 Å². The lowest BCUT2D eigenvalue weighted by atomic mass is 9.81. The molecular formula is C18H24N2O3. The number of carbonyl (C=O) groups is 1. The fourth-order valence-electron chi connectivity index (χ4n) is 3.07. The second kappa shape index (κ2) is 6.49. The summed E-state index contributed by atoms with van der Waals surface area (Å²) in [4.78, 5) is 14.4. The van der Waals surface area contributed by atoms with Gasteiger partial charge in [0.05, 0.1) is 20.3 Å². The number of benzene rings is 1. The van der Waals surface area contributed by atoms with Crippen molar-refractivity contribution in [2.45, 2.75) is 39.2 Å². The van der Waals surface area contributed by atoms with Crippen molar-refractivity contribution in [3.63, 3.8) is 0 Å². The molecule has 0 aromatic heterocycles. The maximum Gasteiger partial charge on any atom is 0.226 e. The van der Waals surface area contributed by atoms with Gasteiger partial charge in [-0.2, -0.15) is 5.26 Å². The van der Waals surface area contributed by atoms with Gasteiger partial charge in [0.1, 0.15) is 0 Å². The third-order valence-corrected chi connectivity index (χ3v) is 4.80. The first kappa shape index (κ1) is 17.1. The Morgan fingerprint density at radius 1 is 1.39 bits per heavy atom. The number of methoxy groups -OCH3 is 2. The van der Waals surface area contributed by atoms with E-state index in [9.17, 15) is 10.1 Å². The molecule has 1 aliphatic heterocycles. The molecule has 0 spiro atoms. The summed E-state index contributed by atoms with van der Waals surface area (Å²) in [7, 11) is 3.16. The number of amides is 1. The number of hydrogen-bond donors (Lipinski definition) is 0. The normalized spacial score (nSPS) is 21.1. The lowest BCUT2D eigenvalue weighted by Crippen LogP contribution is -2.52. The van der Waals surface area contributed by atoms with Crippen LogP contribution in [0, 0.1) is 17.2 Å². The molecule has 5 heteroatoms. The third kappa shape index (κ3) is 2.74. The van der Waals surface area contributed by atoms with Gasteiger partial charge in [-0.15, -0.1) is 0 Å². The van der Waals surface area contributed by atoms with Gasteiger partial charge in [-0.1, -0.05) is 13.8 Å². The van der Waals surface area contributed by atoms with Gasteiger partial charge in [-0.25, -0.2) is 0 Å². The second-order valence-corrected chi connectivity index (χ2v) is 6.10. The van der Waals surface area contributed by atoms with Gasteiger partial charge < -0.3 is 14.4 Å². The topological polar surface area (TPSA) is 62.6 Å². The highest BCUT2D eigenvalue weighted by Gasteiger charge is 2.43. The van der Waals surface area contributed by atoms with Crippen LogP contribution in [0.4, 0.5) is 0 Å². The summed E-state index contributed by atoms with van der Waals surface area (Å²) in [5.74, 6) is 1.15. The van der Waals surface area contributed by atoms with Crippen LogP contribution in [0.2, 0.25) is 0 Å². The minimum absolute atomic E-state index is 0.0250. The maximum atomic E-state index is 12.7. The molecular weight excluding hydrogens is 292 g/mol. The molecule has 1 heterocycles. The van der Waals surface area contributed by atoms with Crippen molar-refractivity contribution in [2.24, 2.45) is 5.92 Å². The molecule has 2 atom stereocenters. The number of fused-ring (bicyclic) bond motifs is 1. The van der Waals surface area contributed by atoms with Crippen molar-refractivity contribution in [1.29, 1.82) is 5.26 Å². The van der Waals surface area contributed by atoms with Crippen LogP contribution in [0.15, 0.2) is 12.1 Å². The van der Waals surface area contributed by atoms with Gasteiger partial charge in [0.25, 0.3) is 0 Å². The zero-order chi connectivity index (χ0) is 17.2. The number of nitrogens with zero attached hydrogens (tertiary/aromatic N) is 2. The van der Waals surface area contributed by atoms with Gasteiger partial charge in [-0.3, -0.25) is 4.79 Å². The van der Waals surface area contributed by atoms with Crippen molar-refractivity contribution in [3.8, 4) is 17.6 Å². The fourth-order valence-corrected chi connectivity index (χ4v) is 3.07. The zero-order valence-electron chi connectivity index (χ0n) is 14.5. The Kier molecular flexibility index (Phi) is 4.84.